The Hall–Kier alpha value is -1.07. The van der Waals surface area contributed by atoms with E-state index in [9.17, 15) is 0 Å². The third kappa shape index (κ3) is 5.13. The topological polar surface area (TPSA) is 39.7 Å². The van der Waals surface area contributed by atoms with Crippen molar-refractivity contribution in [3.05, 3.63) is 22.4 Å². The van der Waals surface area contributed by atoms with Gasteiger partial charge in [0, 0.05) is 18.0 Å². The second-order valence-corrected chi connectivity index (χ2v) is 6.43. The number of thiophene rings is 1. The Morgan fingerprint density at radius 3 is 2.85 bits per heavy atom. The number of nitrogens with one attached hydrogen (secondary N) is 2. The number of aliphatic imine (C=N–C) groups is 1. The molecule has 0 radical (unpaired) electrons. The van der Waals surface area contributed by atoms with Gasteiger partial charge in [0.2, 0.25) is 0 Å². The number of guanidine groups is 1. The van der Waals surface area contributed by atoms with Crippen LogP contribution in [-0.2, 0) is 6.54 Å². The van der Waals surface area contributed by atoms with E-state index in [2.05, 4.69) is 52.0 Å². The molecule has 4 nitrogen and oxygen atoms in total. The van der Waals surface area contributed by atoms with E-state index >= 15 is 0 Å². The molecule has 1 aliphatic rings. The van der Waals surface area contributed by atoms with Gasteiger partial charge in [-0.3, -0.25) is 0 Å². The second-order valence-electron chi connectivity index (χ2n) is 5.40. The highest BCUT2D eigenvalue weighted by molar-refractivity contribution is 7.09. The predicted octanol–water partition coefficient (Wildman–Crippen LogP) is 2.15. The van der Waals surface area contributed by atoms with Gasteiger partial charge in [0.05, 0.1) is 6.54 Å². The van der Waals surface area contributed by atoms with Crippen molar-refractivity contribution in [2.24, 2.45) is 10.9 Å². The van der Waals surface area contributed by atoms with Gasteiger partial charge in [0.15, 0.2) is 5.96 Å². The highest BCUT2D eigenvalue weighted by Gasteiger charge is 2.16. The van der Waals surface area contributed by atoms with E-state index in [-0.39, 0.29) is 0 Å². The molecule has 0 unspecified atom stereocenters. The van der Waals surface area contributed by atoms with E-state index in [1.54, 1.807) is 11.3 Å². The minimum Gasteiger partial charge on any atom is -0.357 e. The fourth-order valence-corrected chi connectivity index (χ4v) is 3.04. The Balaban J connectivity index is 1.78. The first-order valence-electron chi connectivity index (χ1n) is 7.51. The number of piperidine rings is 1. The smallest absolute Gasteiger partial charge is 0.191 e. The van der Waals surface area contributed by atoms with Crippen LogP contribution < -0.4 is 10.6 Å². The van der Waals surface area contributed by atoms with Crippen molar-refractivity contribution < 1.29 is 0 Å². The molecule has 0 amide bonds. The first-order valence-corrected chi connectivity index (χ1v) is 8.39. The zero-order chi connectivity index (χ0) is 14.2. The fourth-order valence-electron chi connectivity index (χ4n) is 2.41. The number of hydrogen-bond donors (Lipinski definition) is 2. The van der Waals surface area contributed by atoms with E-state index in [0.717, 1.165) is 31.5 Å². The summed E-state index contributed by atoms with van der Waals surface area (Å²) in [5, 5.41) is 8.92. The van der Waals surface area contributed by atoms with E-state index in [1.165, 1.54) is 30.8 Å². The summed E-state index contributed by atoms with van der Waals surface area (Å²) in [6, 6.07) is 4.21. The summed E-state index contributed by atoms with van der Waals surface area (Å²) in [5.41, 5.74) is 0. The summed E-state index contributed by atoms with van der Waals surface area (Å²) in [6.45, 7) is 7.25. The predicted molar refractivity (Wildman–Crippen MR) is 87.4 cm³/mol. The molecule has 1 aromatic rings. The first kappa shape index (κ1) is 15.3. The van der Waals surface area contributed by atoms with Crippen LogP contribution in [0.3, 0.4) is 0 Å². The molecule has 1 aromatic heterocycles. The number of hydrogen-bond acceptors (Lipinski definition) is 3. The van der Waals surface area contributed by atoms with E-state index in [1.807, 2.05) is 0 Å². The van der Waals surface area contributed by atoms with Crippen molar-refractivity contribution in [1.82, 2.24) is 15.5 Å². The quantitative estimate of drug-likeness (QED) is 0.646. The van der Waals surface area contributed by atoms with Crippen LogP contribution in [0.25, 0.3) is 0 Å². The summed E-state index contributed by atoms with van der Waals surface area (Å²) in [5.74, 6) is 1.72. The molecule has 112 valence electrons. The molecule has 2 heterocycles. The molecule has 0 bridgehead atoms. The molecule has 20 heavy (non-hydrogen) atoms. The lowest BCUT2D eigenvalue weighted by molar-refractivity contribution is 0.220. The molecule has 0 saturated carbocycles. The maximum atomic E-state index is 4.65. The Bertz CT molecular complexity index is 394. The average Bonchev–Trinajstić information content (AvgIpc) is 2.97. The molecular weight excluding hydrogens is 268 g/mol. The minimum atomic E-state index is 0.764. The van der Waals surface area contributed by atoms with Crippen molar-refractivity contribution >= 4 is 17.3 Å². The maximum Gasteiger partial charge on any atom is 0.191 e. The Morgan fingerprint density at radius 2 is 2.20 bits per heavy atom. The van der Waals surface area contributed by atoms with Crippen molar-refractivity contribution in [1.29, 1.82) is 0 Å². The molecule has 1 fully saturated rings. The summed E-state index contributed by atoms with van der Waals surface area (Å²) in [7, 11) is 2.20. The Labute approximate surface area is 126 Å². The lowest BCUT2D eigenvalue weighted by Gasteiger charge is -2.29. The van der Waals surface area contributed by atoms with Gasteiger partial charge in [-0.05, 0) is 57.3 Å². The van der Waals surface area contributed by atoms with Crippen molar-refractivity contribution in [3.63, 3.8) is 0 Å². The normalized spacial score (nSPS) is 18.2. The highest BCUT2D eigenvalue weighted by Crippen LogP contribution is 2.14. The summed E-state index contributed by atoms with van der Waals surface area (Å²) < 4.78 is 0. The van der Waals surface area contributed by atoms with Crippen LogP contribution in [0.4, 0.5) is 0 Å². The maximum absolute atomic E-state index is 4.65. The molecule has 1 aliphatic heterocycles. The van der Waals surface area contributed by atoms with Crippen molar-refractivity contribution in [3.8, 4) is 0 Å². The van der Waals surface area contributed by atoms with Crippen LogP contribution in [0.15, 0.2) is 22.5 Å². The van der Waals surface area contributed by atoms with Gasteiger partial charge in [-0.25, -0.2) is 4.99 Å². The van der Waals surface area contributed by atoms with Crippen LogP contribution in [0.2, 0.25) is 0 Å². The molecule has 2 N–H and O–H groups in total. The van der Waals surface area contributed by atoms with Gasteiger partial charge in [0.1, 0.15) is 0 Å². The highest BCUT2D eigenvalue weighted by atomic mass is 32.1. The SMILES string of the molecule is CCNC(=NCc1cccs1)NCC1CCN(C)CC1. The first-order chi connectivity index (χ1) is 9.78. The van der Waals surface area contributed by atoms with Gasteiger partial charge < -0.3 is 15.5 Å². The molecule has 0 spiro atoms. The Kier molecular flexibility index (Phi) is 6.33. The monoisotopic (exact) mass is 294 g/mol. The van der Waals surface area contributed by atoms with Gasteiger partial charge in [-0.2, -0.15) is 0 Å². The standard InChI is InChI=1S/C15H26N4S/c1-3-16-15(18-12-14-5-4-10-20-14)17-11-13-6-8-19(2)9-7-13/h4-5,10,13H,3,6-9,11-12H2,1-2H3,(H2,16,17,18). The number of likely N-dealkylation sites (tertiary alicyclic amines) is 1. The van der Waals surface area contributed by atoms with Gasteiger partial charge >= 0.3 is 0 Å². The zero-order valence-electron chi connectivity index (χ0n) is 12.6. The number of nitrogens with zero attached hydrogens (tertiary/aromatic N) is 2. The summed E-state index contributed by atoms with van der Waals surface area (Å²) in [6.07, 6.45) is 2.57. The summed E-state index contributed by atoms with van der Waals surface area (Å²) >= 11 is 1.76. The molecule has 2 rings (SSSR count). The van der Waals surface area contributed by atoms with E-state index in [4.69, 9.17) is 0 Å². The lowest BCUT2D eigenvalue weighted by atomic mass is 9.97. The molecule has 5 heteroatoms. The van der Waals surface area contributed by atoms with Gasteiger partial charge in [-0.1, -0.05) is 6.07 Å². The van der Waals surface area contributed by atoms with Crippen LogP contribution in [0, 0.1) is 5.92 Å². The lowest BCUT2D eigenvalue weighted by Crippen LogP contribution is -2.42. The molecular formula is C15H26N4S. The van der Waals surface area contributed by atoms with E-state index < -0.39 is 0 Å². The van der Waals surface area contributed by atoms with Crippen LogP contribution >= 0.6 is 11.3 Å². The fraction of sp³-hybridized carbons (Fsp3) is 0.667. The van der Waals surface area contributed by atoms with Gasteiger partial charge in [-0.15, -0.1) is 11.3 Å². The largest absolute Gasteiger partial charge is 0.357 e. The number of rotatable bonds is 5. The second kappa shape index (κ2) is 8.27. The summed E-state index contributed by atoms with van der Waals surface area (Å²) in [4.78, 5) is 8.37. The average molecular weight is 294 g/mol. The zero-order valence-corrected chi connectivity index (χ0v) is 13.4. The third-order valence-corrected chi connectivity index (χ3v) is 4.57. The molecule has 0 aliphatic carbocycles. The van der Waals surface area contributed by atoms with Crippen LogP contribution in [0.5, 0.6) is 0 Å². The third-order valence-electron chi connectivity index (χ3n) is 3.71. The van der Waals surface area contributed by atoms with Crippen LogP contribution in [-0.4, -0.2) is 44.1 Å². The molecule has 1 saturated heterocycles. The Morgan fingerprint density at radius 1 is 1.40 bits per heavy atom. The van der Waals surface area contributed by atoms with Crippen molar-refractivity contribution in [2.75, 3.05) is 33.2 Å². The minimum absolute atomic E-state index is 0.764. The van der Waals surface area contributed by atoms with Gasteiger partial charge in [0.25, 0.3) is 0 Å². The molecule has 0 atom stereocenters. The van der Waals surface area contributed by atoms with E-state index in [0.29, 0.717) is 0 Å². The molecule has 0 aromatic carbocycles. The van der Waals surface area contributed by atoms with Crippen molar-refractivity contribution in [2.45, 2.75) is 26.3 Å². The van der Waals surface area contributed by atoms with Crippen LogP contribution in [0.1, 0.15) is 24.6 Å².